The Morgan fingerprint density at radius 2 is 0.607 bits per heavy atom. The molecule has 0 aromatic carbocycles. The Hall–Kier alpha value is 1.74. The van der Waals surface area contributed by atoms with Crippen molar-refractivity contribution >= 4 is 61.5 Å². The van der Waals surface area contributed by atoms with Gasteiger partial charge in [0.05, 0.1) is 30.4 Å². The quantitative estimate of drug-likeness (QED) is 0.241. The molecular weight excluding hydrogens is 801 g/mol. The zero-order chi connectivity index (χ0) is 46.1. The second-order valence-electron chi connectivity index (χ2n) is 31.2. The fourth-order valence-electron chi connectivity index (χ4n) is 19.9. The van der Waals surface area contributed by atoms with Crippen LogP contribution in [0, 0.1) is 0 Å². The molecule has 1 aliphatic rings. The van der Waals surface area contributed by atoms with Gasteiger partial charge in [0.1, 0.15) is 0 Å². The molecule has 1 aliphatic heterocycles. The number of rotatable bonds is 5. The van der Waals surface area contributed by atoms with E-state index in [1.165, 1.54) is 8.55 Å². The van der Waals surface area contributed by atoms with Crippen LogP contribution in [0.2, 0.25) is 66.5 Å². The van der Waals surface area contributed by atoms with Crippen molar-refractivity contribution in [1.29, 1.82) is 0 Å². The first-order valence-electron chi connectivity index (χ1n) is 23.0. The van der Waals surface area contributed by atoms with Gasteiger partial charge in [-0.05, 0) is 60.5 Å². The van der Waals surface area contributed by atoms with Crippen molar-refractivity contribution in [3.8, 4) is 0 Å². The highest BCUT2D eigenvalue weighted by molar-refractivity contribution is 7.97. The van der Waals surface area contributed by atoms with Crippen molar-refractivity contribution in [3.05, 3.63) is 0 Å². The molecule has 0 unspecified atom stereocenters. The minimum absolute atomic E-state index is 0.295. The minimum atomic E-state index is -2.22. The Morgan fingerprint density at radius 1 is 0.393 bits per heavy atom. The molecule has 0 bridgehead atoms. The highest BCUT2D eigenvalue weighted by Crippen LogP contribution is 2.77. The summed E-state index contributed by atoms with van der Waals surface area (Å²) in [6.45, 7) is 98.1. The molecule has 1 fully saturated rings. The number of hydrogen-bond acceptors (Lipinski definition) is 0. The third-order valence-corrected chi connectivity index (χ3v) is 143. The molecule has 5 radical (unpaired) electrons. The van der Waals surface area contributed by atoms with E-state index in [9.17, 15) is 0 Å². The van der Waals surface area contributed by atoms with Crippen LogP contribution in [0.3, 0.4) is 0 Å². The Balaban J connectivity index is 5.43. The summed E-state index contributed by atoms with van der Waals surface area (Å²) in [7, 11) is -10.1. The van der Waals surface area contributed by atoms with Gasteiger partial charge in [0.25, 0.3) is 0 Å². The second-order valence-corrected chi connectivity index (χ2v) is 93.2. The SMILES string of the molecule is CC(C)(C)[Si]([Si]([Si][Si]1CC(C)(C)[Si](C(C)(C)C)(C(C)(C)C)[Si]1[Si](C(C)(C)C)(C(C)(C)C)C(C)(C)C)[Si](C(C)(C)C)(C(C)(C)C)C(C)(C)C)(C(C)(C)C)C(C)(C)C. The summed E-state index contributed by atoms with van der Waals surface area (Å²) in [6, 6.07) is 1.59. The van der Waals surface area contributed by atoms with Gasteiger partial charge in [0, 0.05) is 31.1 Å². The topological polar surface area (TPSA) is 0 Å². The molecule has 0 aromatic heterocycles. The van der Waals surface area contributed by atoms with Crippen molar-refractivity contribution < 1.29 is 0 Å². The lowest BCUT2D eigenvalue weighted by molar-refractivity contribution is 0.543. The Labute approximate surface area is 367 Å². The molecule has 0 atom stereocenters. The summed E-state index contributed by atoms with van der Waals surface area (Å²) in [5.41, 5.74) is 0. The molecule has 1 rings (SSSR count). The van der Waals surface area contributed by atoms with E-state index in [4.69, 9.17) is 0 Å². The fraction of sp³-hybridized carbons (Fsp3) is 1.00. The molecule has 0 saturated carbocycles. The molecule has 331 valence electrons. The smallest absolute Gasteiger partial charge is 0.0551 e. The van der Waals surface area contributed by atoms with Gasteiger partial charge in [-0.2, -0.15) is 0 Å². The molecule has 0 nitrogen and oxygen atoms in total. The summed E-state index contributed by atoms with van der Waals surface area (Å²) in [5.74, 6) is 0. The predicted octanol–water partition coefficient (Wildman–Crippen LogP) is 18.0. The maximum Gasteiger partial charge on any atom is 0.0551 e. The lowest BCUT2D eigenvalue weighted by Crippen LogP contribution is -2.89. The Kier molecular flexibility index (Phi) is 14.8. The monoisotopic (exact) mass is 908 g/mol. The van der Waals surface area contributed by atoms with E-state index in [1.807, 2.05) is 0 Å². The van der Waals surface area contributed by atoms with Gasteiger partial charge in [-0.15, -0.1) is 0 Å². The summed E-state index contributed by atoms with van der Waals surface area (Å²) < 4.78 is 0. The van der Waals surface area contributed by atoms with Crippen molar-refractivity contribution in [2.75, 3.05) is 0 Å². The van der Waals surface area contributed by atoms with Crippen molar-refractivity contribution in [3.63, 3.8) is 0 Å². The molecular formula is C48H107Si8. The van der Waals surface area contributed by atoms with Crippen LogP contribution in [-0.2, 0) is 0 Å². The van der Waals surface area contributed by atoms with E-state index >= 15 is 0 Å². The van der Waals surface area contributed by atoms with E-state index in [-0.39, 0.29) is 0 Å². The van der Waals surface area contributed by atoms with Crippen LogP contribution in [0.15, 0.2) is 0 Å². The summed E-state index contributed by atoms with van der Waals surface area (Å²) in [4.78, 5) is 0. The van der Waals surface area contributed by atoms with Crippen LogP contribution >= 0.6 is 0 Å². The van der Waals surface area contributed by atoms with E-state index in [0.29, 0.717) is 60.5 Å². The normalized spacial score (nSPS) is 20.4. The third-order valence-electron chi connectivity index (χ3n) is 16.1. The Morgan fingerprint density at radius 3 is 0.768 bits per heavy atom. The average Bonchev–Trinajstić information content (AvgIpc) is 2.97. The predicted molar refractivity (Wildman–Crippen MR) is 282 cm³/mol. The van der Waals surface area contributed by atoms with Crippen molar-refractivity contribution in [2.24, 2.45) is 0 Å². The number of hydrogen-bond donors (Lipinski definition) is 0. The van der Waals surface area contributed by atoms with Crippen LogP contribution in [0.1, 0.15) is 242 Å². The van der Waals surface area contributed by atoms with E-state index in [2.05, 4.69) is 242 Å². The van der Waals surface area contributed by atoms with Gasteiger partial charge in [-0.25, -0.2) is 0 Å². The fourth-order valence-corrected chi connectivity index (χ4v) is 262. The van der Waals surface area contributed by atoms with Gasteiger partial charge in [0.15, 0.2) is 0 Å². The summed E-state index contributed by atoms with van der Waals surface area (Å²) >= 11 is 0. The highest BCUT2D eigenvalue weighted by Gasteiger charge is 2.82. The zero-order valence-electron chi connectivity index (χ0n) is 45.7. The van der Waals surface area contributed by atoms with E-state index < -0.39 is 52.9 Å². The van der Waals surface area contributed by atoms with Crippen LogP contribution in [0.4, 0.5) is 0 Å². The highest BCUT2D eigenvalue weighted by atomic mass is 30.1. The molecule has 0 aromatic rings. The third kappa shape index (κ3) is 7.76. The molecule has 1 saturated heterocycles. The van der Waals surface area contributed by atoms with Crippen molar-refractivity contribution in [2.45, 2.75) is 309 Å². The van der Waals surface area contributed by atoms with Gasteiger partial charge in [0.2, 0.25) is 0 Å². The first-order valence-corrected chi connectivity index (χ1v) is 43.7. The lowest BCUT2D eigenvalue weighted by Gasteiger charge is -2.74. The molecule has 8 heteroatoms. The van der Waals surface area contributed by atoms with Gasteiger partial charge < -0.3 is 0 Å². The molecule has 0 aliphatic carbocycles. The second kappa shape index (κ2) is 14.9. The van der Waals surface area contributed by atoms with Crippen molar-refractivity contribution in [1.82, 2.24) is 0 Å². The molecule has 0 spiro atoms. The minimum Gasteiger partial charge on any atom is -0.0628 e. The van der Waals surface area contributed by atoms with E-state index in [0.717, 1.165) is 0 Å². The maximum absolute atomic E-state index is 2.91. The zero-order valence-corrected chi connectivity index (χ0v) is 53.7. The summed E-state index contributed by atoms with van der Waals surface area (Å²) in [6.07, 6.45) is 0. The molecule has 1 heterocycles. The molecule has 0 N–H and O–H groups in total. The van der Waals surface area contributed by atoms with Crippen LogP contribution in [0.5, 0.6) is 0 Å². The average molecular weight is 909 g/mol. The van der Waals surface area contributed by atoms with Crippen LogP contribution in [-0.4, -0.2) is 61.5 Å². The first-order chi connectivity index (χ1) is 23.6. The van der Waals surface area contributed by atoms with Gasteiger partial charge in [-0.3, -0.25) is 0 Å². The van der Waals surface area contributed by atoms with Crippen LogP contribution < -0.4 is 0 Å². The van der Waals surface area contributed by atoms with Crippen LogP contribution in [0.25, 0.3) is 0 Å². The summed E-state index contributed by atoms with van der Waals surface area (Å²) in [5, 5.41) is 3.82. The van der Waals surface area contributed by atoms with Gasteiger partial charge in [-0.1, -0.05) is 248 Å². The standard InChI is InChI=1S/C48H107Si8/c1-37(2,3)53(38(4,5)6,39(7,8)9)51(54(40(10,11)12,41(13,14)15)42(16,17)18)49-50-36-48(34,35)56(46(28,29)30,47(31,32)33)52(50)55(43(19,20)21,44(22,23)24)45(25,26)27/h36H2,1-35H3. The maximum atomic E-state index is 2.91. The Bertz CT molecular complexity index is 1190. The van der Waals surface area contributed by atoms with E-state index in [1.54, 1.807) is 6.04 Å². The van der Waals surface area contributed by atoms with Gasteiger partial charge >= 0.3 is 0 Å². The molecule has 56 heavy (non-hydrogen) atoms. The lowest BCUT2D eigenvalue weighted by atomic mass is 10.2. The largest absolute Gasteiger partial charge is 0.0628 e. The molecule has 0 amide bonds. The first kappa shape index (κ1) is 55.8.